The van der Waals surface area contributed by atoms with Crippen LogP contribution in [0, 0.1) is 17.6 Å². The number of para-hydroxylation sites is 2. The highest BCUT2D eigenvalue weighted by Crippen LogP contribution is 2.32. The molecule has 1 N–H and O–H groups in total. The lowest BCUT2D eigenvalue weighted by Gasteiger charge is -2.25. The molecule has 0 aliphatic heterocycles. The number of aromatic nitrogens is 1. The summed E-state index contributed by atoms with van der Waals surface area (Å²) in [6, 6.07) is 8.86. The first-order chi connectivity index (χ1) is 14.9. The third-order valence-electron chi connectivity index (χ3n) is 5.79. The number of nitrogens with zero attached hydrogens (tertiary/aromatic N) is 2. The molecule has 31 heavy (non-hydrogen) atoms. The number of carbonyl (C=O) groups is 2. The Morgan fingerprint density at radius 3 is 2.58 bits per heavy atom. The molecule has 0 spiro atoms. The number of halogens is 2. The Bertz CT molecular complexity index is 1090. The van der Waals surface area contributed by atoms with Gasteiger partial charge in [-0.25, -0.2) is 13.8 Å². The molecule has 1 aliphatic carbocycles. The van der Waals surface area contributed by atoms with Gasteiger partial charge in [0.2, 0.25) is 11.8 Å². The van der Waals surface area contributed by atoms with E-state index in [0.717, 1.165) is 12.1 Å². The summed E-state index contributed by atoms with van der Waals surface area (Å²) in [5, 5.41) is 2.78. The first kappa shape index (κ1) is 21.0. The van der Waals surface area contributed by atoms with E-state index in [9.17, 15) is 18.4 Å². The van der Waals surface area contributed by atoms with E-state index in [0.29, 0.717) is 36.9 Å². The summed E-state index contributed by atoms with van der Waals surface area (Å²) in [7, 11) is 1.51. The summed E-state index contributed by atoms with van der Waals surface area (Å²) in [5.74, 6) is -2.88. The minimum absolute atomic E-state index is 0.0501. The molecule has 0 radical (unpaired) electrons. The molecule has 1 fully saturated rings. The van der Waals surface area contributed by atoms with Crippen molar-refractivity contribution >= 4 is 22.9 Å². The van der Waals surface area contributed by atoms with Gasteiger partial charge in [-0.2, -0.15) is 0 Å². The molecular formula is C23H23F2N3O3. The molecule has 3 aromatic rings. The van der Waals surface area contributed by atoms with Crippen molar-refractivity contribution in [1.82, 2.24) is 15.2 Å². The van der Waals surface area contributed by atoms with E-state index in [4.69, 9.17) is 4.42 Å². The molecule has 1 aliphatic rings. The highest BCUT2D eigenvalue weighted by atomic mass is 19.1. The number of fused-ring (bicyclic) bond motifs is 1. The number of benzene rings is 2. The van der Waals surface area contributed by atoms with Gasteiger partial charge < -0.3 is 14.6 Å². The Hall–Kier alpha value is -3.29. The van der Waals surface area contributed by atoms with Crippen LogP contribution >= 0.6 is 0 Å². The van der Waals surface area contributed by atoms with Crippen LogP contribution in [0.2, 0.25) is 0 Å². The molecule has 162 valence electrons. The van der Waals surface area contributed by atoms with E-state index >= 15 is 0 Å². The van der Waals surface area contributed by atoms with Crippen molar-refractivity contribution < 1.29 is 22.8 Å². The van der Waals surface area contributed by atoms with Crippen molar-refractivity contribution in [2.45, 2.75) is 32.2 Å². The van der Waals surface area contributed by atoms with Gasteiger partial charge in [-0.1, -0.05) is 12.1 Å². The molecule has 1 heterocycles. The topological polar surface area (TPSA) is 75.4 Å². The average Bonchev–Trinajstić information content (AvgIpc) is 3.40. The van der Waals surface area contributed by atoms with Crippen LogP contribution in [0.1, 0.15) is 36.5 Å². The van der Waals surface area contributed by atoms with Crippen LogP contribution in [0.4, 0.5) is 8.78 Å². The Labute approximate surface area is 178 Å². The summed E-state index contributed by atoms with van der Waals surface area (Å²) in [4.78, 5) is 30.5. The predicted octanol–water partition coefficient (Wildman–Crippen LogP) is 4.15. The molecule has 6 nitrogen and oxygen atoms in total. The molecule has 2 amide bonds. The van der Waals surface area contributed by atoms with Gasteiger partial charge in [-0.3, -0.25) is 9.59 Å². The van der Waals surface area contributed by atoms with Crippen molar-refractivity contribution in [3.8, 4) is 11.5 Å². The largest absolute Gasteiger partial charge is 0.436 e. The zero-order valence-electron chi connectivity index (χ0n) is 17.3. The molecule has 2 aromatic carbocycles. The number of rotatable bonds is 5. The maximum absolute atomic E-state index is 14.8. The monoisotopic (exact) mass is 427 g/mol. The van der Waals surface area contributed by atoms with E-state index in [1.165, 1.54) is 11.9 Å². The highest BCUT2D eigenvalue weighted by molar-refractivity contribution is 5.95. The van der Waals surface area contributed by atoms with Crippen molar-refractivity contribution in [2.75, 3.05) is 13.6 Å². The standard InChI is InChI=1S/C23H23F2N3O3/c1-3-26-21(29)13-8-9-15(10-13)28(2)23(30)20-16(24)11-14(12-17(20)25)22-27-18-6-4-5-7-19(18)31-22/h4-7,11-13,15H,3,8-10H2,1-2H3,(H,26,29)/t13-,15+/m0/s1. The lowest BCUT2D eigenvalue weighted by Crippen LogP contribution is -2.37. The maximum Gasteiger partial charge on any atom is 0.259 e. The Balaban J connectivity index is 1.55. The first-order valence-electron chi connectivity index (χ1n) is 10.3. The molecule has 2 atom stereocenters. The van der Waals surface area contributed by atoms with E-state index < -0.39 is 23.1 Å². The smallest absolute Gasteiger partial charge is 0.259 e. The van der Waals surface area contributed by atoms with Crippen LogP contribution in [0.15, 0.2) is 40.8 Å². The number of oxazole rings is 1. The van der Waals surface area contributed by atoms with Crippen LogP contribution in [0.3, 0.4) is 0 Å². The fourth-order valence-electron chi connectivity index (χ4n) is 4.10. The fraction of sp³-hybridized carbons (Fsp3) is 0.348. The summed E-state index contributed by atoms with van der Waals surface area (Å²) in [6.07, 6.45) is 1.71. The van der Waals surface area contributed by atoms with Crippen LogP contribution in [-0.4, -0.2) is 41.3 Å². The zero-order chi connectivity index (χ0) is 22.1. The summed E-state index contributed by atoms with van der Waals surface area (Å²) < 4.78 is 35.2. The van der Waals surface area contributed by atoms with Gasteiger partial charge in [-0.05, 0) is 50.5 Å². The van der Waals surface area contributed by atoms with Crippen molar-refractivity contribution in [3.05, 3.63) is 53.6 Å². The molecule has 0 saturated heterocycles. The number of hydrogen-bond acceptors (Lipinski definition) is 4. The minimum Gasteiger partial charge on any atom is -0.436 e. The van der Waals surface area contributed by atoms with Crippen LogP contribution in [0.25, 0.3) is 22.6 Å². The normalized spacial score (nSPS) is 18.3. The summed E-state index contributed by atoms with van der Waals surface area (Å²) in [6.45, 7) is 2.38. The van der Waals surface area contributed by atoms with E-state index in [1.54, 1.807) is 24.3 Å². The molecule has 0 unspecified atom stereocenters. The number of hydrogen-bond donors (Lipinski definition) is 1. The molecule has 1 saturated carbocycles. The van der Waals surface area contributed by atoms with Gasteiger partial charge in [0.15, 0.2) is 5.58 Å². The Morgan fingerprint density at radius 2 is 1.90 bits per heavy atom. The van der Waals surface area contributed by atoms with Crippen LogP contribution < -0.4 is 5.32 Å². The van der Waals surface area contributed by atoms with E-state index in [1.807, 2.05) is 6.92 Å². The van der Waals surface area contributed by atoms with Gasteiger partial charge in [-0.15, -0.1) is 0 Å². The van der Waals surface area contributed by atoms with Crippen molar-refractivity contribution in [2.24, 2.45) is 5.92 Å². The Kier molecular flexibility index (Phi) is 5.71. The van der Waals surface area contributed by atoms with Crippen LogP contribution in [0.5, 0.6) is 0 Å². The van der Waals surface area contributed by atoms with E-state index in [-0.39, 0.29) is 29.3 Å². The molecule has 0 bridgehead atoms. The summed E-state index contributed by atoms with van der Waals surface area (Å²) in [5.41, 5.74) is 0.564. The molecule has 4 rings (SSSR count). The van der Waals surface area contributed by atoms with Gasteiger partial charge in [0.05, 0.1) is 0 Å². The average molecular weight is 427 g/mol. The number of carbonyl (C=O) groups excluding carboxylic acids is 2. The van der Waals surface area contributed by atoms with Gasteiger partial charge in [0.1, 0.15) is 22.7 Å². The van der Waals surface area contributed by atoms with Gasteiger partial charge in [0.25, 0.3) is 5.91 Å². The van der Waals surface area contributed by atoms with Crippen molar-refractivity contribution in [3.63, 3.8) is 0 Å². The second-order valence-corrected chi connectivity index (χ2v) is 7.78. The maximum atomic E-state index is 14.8. The zero-order valence-corrected chi connectivity index (χ0v) is 17.3. The lowest BCUT2D eigenvalue weighted by atomic mass is 10.1. The van der Waals surface area contributed by atoms with E-state index in [2.05, 4.69) is 10.3 Å². The highest BCUT2D eigenvalue weighted by Gasteiger charge is 2.35. The first-order valence-corrected chi connectivity index (χ1v) is 10.3. The van der Waals surface area contributed by atoms with Crippen LogP contribution in [-0.2, 0) is 4.79 Å². The second-order valence-electron chi connectivity index (χ2n) is 7.78. The quantitative estimate of drug-likeness (QED) is 0.664. The second kappa shape index (κ2) is 8.45. The predicted molar refractivity (Wildman–Crippen MR) is 111 cm³/mol. The van der Waals surface area contributed by atoms with Gasteiger partial charge in [0, 0.05) is 31.1 Å². The van der Waals surface area contributed by atoms with Crippen molar-refractivity contribution in [1.29, 1.82) is 0 Å². The SMILES string of the molecule is CCNC(=O)[C@H]1CC[C@@H](N(C)C(=O)c2c(F)cc(-c3nc4ccccc4o3)cc2F)C1. The third kappa shape index (κ3) is 4.02. The number of amides is 2. The molecule has 1 aromatic heterocycles. The summed E-state index contributed by atoms with van der Waals surface area (Å²) >= 11 is 0. The number of nitrogens with one attached hydrogen (secondary N) is 1. The van der Waals surface area contributed by atoms with Gasteiger partial charge >= 0.3 is 0 Å². The minimum atomic E-state index is -0.979. The fourth-order valence-corrected chi connectivity index (χ4v) is 4.10. The molecular weight excluding hydrogens is 404 g/mol. The molecule has 8 heteroatoms. The lowest BCUT2D eigenvalue weighted by molar-refractivity contribution is -0.124. The Morgan fingerprint density at radius 1 is 1.19 bits per heavy atom. The third-order valence-corrected chi connectivity index (χ3v) is 5.79.